The van der Waals surface area contributed by atoms with Crippen molar-refractivity contribution in [2.75, 3.05) is 12.4 Å². The summed E-state index contributed by atoms with van der Waals surface area (Å²) in [6.07, 6.45) is 1.84. The molecule has 0 aliphatic carbocycles. The molecule has 3 aromatic carbocycles. The number of ether oxygens (including phenoxy) is 2. The minimum Gasteiger partial charge on any atom is -0.496 e. The van der Waals surface area contributed by atoms with E-state index < -0.39 is 6.04 Å². The monoisotopic (exact) mass is 641 g/mol. The molecule has 1 unspecified atom stereocenters. The molecular formula is C34H28ClN3O4S2. The number of anilines is 1. The summed E-state index contributed by atoms with van der Waals surface area (Å²) >= 11 is 8.91. The molecule has 1 atom stereocenters. The molecule has 0 radical (unpaired) electrons. The number of thiazole rings is 1. The smallest absolute Gasteiger partial charge is 0.271 e. The number of carbonyl (C=O) groups is 1. The Kier molecular flexibility index (Phi) is 8.52. The first-order valence-electron chi connectivity index (χ1n) is 13.8. The number of carbonyl (C=O) groups excluding carboxylic acids is 1. The van der Waals surface area contributed by atoms with Crippen LogP contribution in [0.2, 0.25) is 5.02 Å². The normalized spacial score (nSPS) is 14.6. The Bertz CT molecular complexity index is 2080. The molecule has 7 nitrogen and oxygen atoms in total. The first-order chi connectivity index (χ1) is 21.3. The highest BCUT2D eigenvalue weighted by atomic mass is 35.5. The minimum atomic E-state index is -0.602. The van der Waals surface area contributed by atoms with Crippen LogP contribution in [0.25, 0.3) is 6.08 Å². The van der Waals surface area contributed by atoms with Crippen molar-refractivity contribution in [3.8, 4) is 11.5 Å². The van der Waals surface area contributed by atoms with Gasteiger partial charge in [-0.1, -0.05) is 59.3 Å². The van der Waals surface area contributed by atoms with Crippen molar-refractivity contribution in [2.24, 2.45) is 4.99 Å². The summed E-state index contributed by atoms with van der Waals surface area (Å²) in [5.74, 6) is 1.03. The van der Waals surface area contributed by atoms with Gasteiger partial charge in [-0.3, -0.25) is 14.2 Å². The zero-order valence-corrected chi connectivity index (χ0v) is 26.6. The van der Waals surface area contributed by atoms with Crippen LogP contribution < -0.4 is 29.7 Å². The van der Waals surface area contributed by atoms with Crippen molar-refractivity contribution in [3.63, 3.8) is 0 Å². The van der Waals surface area contributed by atoms with Crippen molar-refractivity contribution >= 4 is 51.9 Å². The van der Waals surface area contributed by atoms with Gasteiger partial charge in [-0.25, -0.2) is 4.99 Å². The van der Waals surface area contributed by atoms with Gasteiger partial charge >= 0.3 is 0 Å². The Morgan fingerprint density at radius 3 is 2.66 bits per heavy atom. The van der Waals surface area contributed by atoms with Gasteiger partial charge in [-0.15, -0.1) is 11.3 Å². The van der Waals surface area contributed by atoms with E-state index in [1.807, 2.05) is 92.0 Å². The number of fused-ring (bicyclic) bond motifs is 1. The second-order valence-electron chi connectivity index (χ2n) is 10.2. The topological polar surface area (TPSA) is 81.9 Å². The number of hydrogen-bond acceptors (Lipinski definition) is 7. The molecule has 1 N–H and O–H groups in total. The number of nitrogens with one attached hydrogen (secondary N) is 1. The van der Waals surface area contributed by atoms with Crippen molar-refractivity contribution in [3.05, 3.63) is 142 Å². The van der Waals surface area contributed by atoms with Crippen molar-refractivity contribution in [1.29, 1.82) is 0 Å². The number of hydrogen-bond donors (Lipinski definition) is 1. The van der Waals surface area contributed by atoms with Gasteiger partial charge in [-0.2, -0.15) is 0 Å². The fraction of sp³-hybridized carbons (Fsp3) is 0.147. The molecule has 10 heteroatoms. The number of rotatable bonds is 8. The fourth-order valence-corrected chi connectivity index (χ4v) is 7.15. The Morgan fingerprint density at radius 1 is 1.07 bits per heavy atom. The molecule has 5 aromatic rings. The Morgan fingerprint density at radius 2 is 1.91 bits per heavy atom. The highest BCUT2D eigenvalue weighted by Crippen LogP contribution is 2.33. The third-order valence-electron chi connectivity index (χ3n) is 7.26. The standard InChI is InChI=1S/C34H28ClN3O4S2/c1-20-8-4-5-11-26(20)37-32(39)30-21(2)36-34-38(31(30)28-12-7-15-43-28)33(40)29(44-34)17-22-13-14-27(41-3)23(16-22)19-42-25-10-6-9-24(35)18-25/h4-18,31H,19H2,1-3H3,(H,37,39)/b29-17-. The van der Waals surface area contributed by atoms with Gasteiger partial charge in [0.25, 0.3) is 11.5 Å². The van der Waals surface area contributed by atoms with Gasteiger partial charge in [0.1, 0.15) is 24.1 Å². The van der Waals surface area contributed by atoms with Crippen molar-refractivity contribution in [1.82, 2.24) is 4.57 Å². The van der Waals surface area contributed by atoms with Gasteiger partial charge in [0.05, 0.1) is 22.9 Å². The van der Waals surface area contributed by atoms with Crippen LogP contribution in [0.4, 0.5) is 5.69 Å². The summed E-state index contributed by atoms with van der Waals surface area (Å²) < 4.78 is 13.7. The summed E-state index contributed by atoms with van der Waals surface area (Å²) in [5.41, 5.74) is 4.09. The lowest BCUT2D eigenvalue weighted by atomic mass is 10.0. The van der Waals surface area contributed by atoms with Crippen LogP contribution in [0, 0.1) is 6.92 Å². The van der Waals surface area contributed by atoms with Gasteiger partial charge < -0.3 is 14.8 Å². The Labute approximate surface area is 267 Å². The molecule has 44 heavy (non-hydrogen) atoms. The van der Waals surface area contributed by atoms with E-state index in [4.69, 9.17) is 26.1 Å². The highest BCUT2D eigenvalue weighted by Gasteiger charge is 2.33. The molecule has 2 aromatic heterocycles. The second-order valence-corrected chi connectivity index (χ2v) is 12.6. The predicted octanol–water partition coefficient (Wildman–Crippen LogP) is 6.48. The van der Waals surface area contributed by atoms with E-state index in [1.165, 1.54) is 22.7 Å². The van der Waals surface area contributed by atoms with Gasteiger partial charge in [0, 0.05) is 21.2 Å². The molecule has 3 heterocycles. The average Bonchev–Trinajstić information content (AvgIpc) is 3.65. The molecule has 222 valence electrons. The molecule has 0 bridgehead atoms. The van der Waals surface area contributed by atoms with E-state index >= 15 is 0 Å². The van der Waals surface area contributed by atoms with Gasteiger partial charge in [0.15, 0.2) is 4.80 Å². The van der Waals surface area contributed by atoms with Crippen LogP contribution in [0.3, 0.4) is 0 Å². The third kappa shape index (κ3) is 5.99. The molecule has 0 saturated heterocycles. The zero-order valence-electron chi connectivity index (χ0n) is 24.2. The third-order valence-corrected chi connectivity index (χ3v) is 9.41. The number of halogens is 1. The number of allylic oxidation sites excluding steroid dienone is 1. The lowest BCUT2D eigenvalue weighted by Crippen LogP contribution is -2.40. The lowest BCUT2D eigenvalue weighted by molar-refractivity contribution is -0.113. The number of para-hydroxylation sites is 1. The number of aryl methyl sites for hydroxylation is 1. The molecule has 0 saturated carbocycles. The van der Waals surface area contributed by atoms with Crippen LogP contribution >= 0.6 is 34.3 Å². The van der Waals surface area contributed by atoms with Crippen LogP contribution in [0.5, 0.6) is 11.5 Å². The maximum Gasteiger partial charge on any atom is 0.271 e. The molecular weight excluding hydrogens is 614 g/mol. The summed E-state index contributed by atoms with van der Waals surface area (Å²) in [4.78, 5) is 34.0. The Hall–Kier alpha value is -4.44. The van der Waals surface area contributed by atoms with Gasteiger partial charge in [-0.05, 0) is 78.9 Å². The molecule has 6 rings (SSSR count). The zero-order chi connectivity index (χ0) is 30.8. The van der Waals surface area contributed by atoms with E-state index in [9.17, 15) is 9.59 Å². The molecule has 0 spiro atoms. The number of benzene rings is 3. The van der Waals surface area contributed by atoms with E-state index in [0.29, 0.717) is 37.1 Å². The number of aromatic nitrogens is 1. The van der Waals surface area contributed by atoms with E-state index in [0.717, 1.165) is 27.3 Å². The second kappa shape index (κ2) is 12.7. The van der Waals surface area contributed by atoms with Gasteiger partial charge in [0.2, 0.25) is 0 Å². The minimum absolute atomic E-state index is 0.214. The molecule has 1 amide bonds. The van der Waals surface area contributed by atoms with E-state index in [2.05, 4.69) is 5.32 Å². The van der Waals surface area contributed by atoms with Crippen LogP contribution in [0.15, 0.2) is 105 Å². The molecule has 0 fully saturated rings. The number of nitrogens with zero attached hydrogens (tertiary/aromatic N) is 2. The number of thiophene rings is 1. The first-order valence-corrected chi connectivity index (χ1v) is 15.9. The van der Waals surface area contributed by atoms with Crippen LogP contribution in [-0.4, -0.2) is 17.6 Å². The van der Waals surface area contributed by atoms with Crippen molar-refractivity contribution in [2.45, 2.75) is 26.5 Å². The largest absolute Gasteiger partial charge is 0.496 e. The van der Waals surface area contributed by atoms with E-state index in [-0.39, 0.29) is 18.1 Å². The molecule has 1 aliphatic heterocycles. The van der Waals surface area contributed by atoms with Crippen LogP contribution in [0.1, 0.15) is 34.5 Å². The number of methoxy groups -OCH3 is 1. The first kappa shape index (κ1) is 29.6. The number of amides is 1. The quantitative estimate of drug-likeness (QED) is 0.210. The summed E-state index contributed by atoms with van der Waals surface area (Å²) in [6, 6.07) is 23.8. The van der Waals surface area contributed by atoms with Crippen LogP contribution in [-0.2, 0) is 11.4 Å². The molecule has 1 aliphatic rings. The van der Waals surface area contributed by atoms with Crippen molar-refractivity contribution < 1.29 is 14.3 Å². The lowest BCUT2D eigenvalue weighted by Gasteiger charge is -2.24. The highest BCUT2D eigenvalue weighted by molar-refractivity contribution is 7.10. The summed E-state index contributed by atoms with van der Waals surface area (Å²) in [7, 11) is 1.61. The maximum atomic E-state index is 14.0. The summed E-state index contributed by atoms with van der Waals surface area (Å²) in [6.45, 7) is 4.01. The summed E-state index contributed by atoms with van der Waals surface area (Å²) in [5, 5.41) is 5.57. The van der Waals surface area contributed by atoms with E-state index in [1.54, 1.807) is 23.8 Å². The Balaban J connectivity index is 1.38. The SMILES string of the molecule is COc1ccc(/C=c2\sc3n(c2=O)C(c2cccs2)C(C(=O)Nc2ccccc2C)=C(C)N=3)cc1COc1cccc(Cl)c1. The maximum absolute atomic E-state index is 14.0. The fourth-order valence-electron chi connectivity index (χ4n) is 5.10. The average molecular weight is 642 g/mol. The predicted molar refractivity (Wildman–Crippen MR) is 177 cm³/mol.